The van der Waals surface area contributed by atoms with Crippen molar-refractivity contribution in [1.29, 1.82) is 0 Å². The Kier molecular flexibility index (Phi) is 11.2. The highest BCUT2D eigenvalue weighted by Crippen LogP contribution is 2.33. The van der Waals surface area contributed by atoms with Crippen LogP contribution < -0.4 is 5.32 Å². The molecule has 1 saturated carbocycles. The second kappa shape index (κ2) is 14.3. The van der Waals surface area contributed by atoms with Gasteiger partial charge in [0.15, 0.2) is 6.10 Å². The molecule has 0 spiro atoms. The lowest BCUT2D eigenvalue weighted by Crippen LogP contribution is -2.39. The van der Waals surface area contributed by atoms with Crippen LogP contribution in [0.1, 0.15) is 79.0 Å². The third-order valence-corrected chi connectivity index (χ3v) is 8.17. The molecule has 10 nitrogen and oxygen atoms in total. The number of carbonyl (C=O) groups is 4. The monoisotopic (exact) mass is 564 g/mol. The molecule has 1 N–H and O–H groups in total. The van der Waals surface area contributed by atoms with E-state index in [1.54, 1.807) is 30.4 Å². The summed E-state index contributed by atoms with van der Waals surface area (Å²) in [6.07, 6.45) is 6.13. The zero-order valence-electron chi connectivity index (χ0n) is 22.3. The van der Waals surface area contributed by atoms with Crippen LogP contribution >= 0.6 is 22.7 Å². The predicted octanol–water partition coefficient (Wildman–Crippen LogP) is 3.78. The van der Waals surface area contributed by atoms with E-state index in [2.05, 4.69) is 15.3 Å². The number of ether oxygens (including phenoxy) is 2. The van der Waals surface area contributed by atoms with Crippen LogP contribution in [0.15, 0.2) is 17.0 Å². The van der Waals surface area contributed by atoms with Crippen LogP contribution in [0.25, 0.3) is 0 Å². The first-order valence-electron chi connectivity index (χ1n) is 12.8. The van der Waals surface area contributed by atoms with E-state index >= 15 is 0 Å². The lowest BCUT2D eigenvalue weighted by atomic mass is 9.99. The van der Waals surface area contributed by atoms with Gasteiger partial charge in [0.05, 0.1) is 18.0 Å². The van der Waals surface area contributed by atoms with Gasteiger partial charge in [0.25, 0.3) is 5.91 Å². The zero-order chi connectivity index (χ0) is 27.7. The van der Waals surface area contributed by atoms with E-state index in [9.17, 15) is 19.2 Å². The Balaban J connectivity index is 1.63. The third-order valence-electron chi connectivity index (χ3n) is 6.44. The molecule has 2 aromatic heterocycles. The summed E-state index contributed by atoms with van der Waals surface area (Å²) in [6.45, 7) is 3.49. The van der Waals surface area contributed by atoms with Gasteiger partial charge < -0.3 is 19.7 Å². The quantitative estimate of drug-likeness (QED) is 0.324. The minimum absolute atomic E-state index is 0.0742. The Morgan fingerprint density at radius 3 is 2.63 bits per heavy atom. The molecule has 38 heavy (non-hydrogen) atoms. The van der Waals surface area contributed by atoms with Crippen LogP contribution in [0.5, 0.6) is 0 Å². The number of esters is 2. The summed E-state index contributed by atoms with van der Waals surface area (Å²) in [4.78, 5) is 59.6. The number of nitrogens with zero attached hydrogens (tertiary/aromatic N) is 3. The number of aromatic nitrogens is 2. The molecular formula is C26H36N4O6S2. The summed E-state index contributed by atoms with van der Waals surface area (Å²) in [5.74, 6) is -0.844. The predicted molar refractivity (Wildman–Crippen MR) is 144 cm³/mol. The maximum Gasteiger partial charge on any atom is 0.308 e. The standard InChI is InChI=1S/C26H36N4O6S2/c1-16(26(34)35-4)13-19(14-22-27-10-12-37-22)28-24(33)20-15-38-25(29-20)21(36-17(2)31)9-11-30(3)23(32)8-7-18-5-6-18/h10,12,15-16,18-19,21H,5-9,11,13-14H2,1-4H3,(H,28,33)/t16-,19+,21+/m0/s1. The van der Waals surface area contributed by atoms with Gasteiger partial charge in [0, 0.05) is 62.8 Å². The number of thiazole rings is 2. The number of carbonyl (C=O) groups excluding carboxylic acids is 4. The molecule has 1 fully saturated rings. The molecule has 3 atom stereocenters. The minimum Gasteiger partial charge on any atom is -0.469 e. The molecule has 0 aliphatic heterocycles. The fourth-order valence-corrected chi connectivity index (χ4v) is 5.63. The molecule has 0 unspecified atom stereocenters. The molecule has 208 valence electrons. The summed E-state index contributed by atoms with van der Waals surface area (Å²) in [6, 6.07) is -0.354. The highest BCUT2D eigenvalue weighted by molar-refractivity contribution is 7.10. The van der Waals surface area contributed by atoms with Gasteiger partial charge in [-0.05, 0) is 18.8 Å². The molecule has 2 amide bonds. The first kappa shape index (κ1) is 29.7. The van der Waals surface area contributed by atoms with Crippen molar-refractivity contribution in [2.75, 3.05) is 20.7 Å². The normalized spacial score (nSPS) is 15.3. The van der Waals surface area contributed by atoms with Crippen molar-refractivity contribution in [1.82, 2.24) is 20.2 Å². The minimum atomic E-state index is -0.664. The van der Waals surface area contributed by atoms with E-state index in [1.165, 1.54) is 49.5 Å². The highest BCUT2D eigenvalue weighted by atomic mass is 32.1. The van der Waals surface area contributed by atoms with Crippen molar-refractivity contribution in [3.05, 3.63) is 32.7 Å². The fraction of sp³-hybridized carbons (Fsp3) is 0.615. The first-order valence-corrected chi connectivity index (χ1v) is 14.6. The van der Waals surface area contributed by atoms with Crippen LogP contribution in [0.2, 0.25) is 0 Å². The van der Waals surface area contributed by atoms with E-state index in [4.69, 9.17) is 9.47 Å². The van der Waals surface area contributed by atoms with Crippen LogP contribution in [-0.4, -0.2) is 65.4 Å². The number of rotatable bonds is 15. The second-order valence-electron chi connectivity index (χ2n) is 9.72. The van der Waals surface area contributed by atoms with Crippen molar-refractivity contribution in [2.24, 2.45) is 11.8 Å². The third kappa shape index (κ3) is 9.46. The first-order chi connectivity index (χ1) is 18.2. The van der Waals surface area contributed by atoms with E-state index in [0.717, 1.165) is 11.4 Å². The highest BCUT2D eigenvalue weighted by Gasteiger charge is 2.27. The van der Waals surface area contributed by atoms with E-state index in [-0.39, 0.29) is 29.5 Å². The Bertz CT molecular complexity index is 1090. The number of hydrogen-bond acceptors (Lipinski definition) is 10. The number of nitrogens with one attached hydrogen (secondary N) is 1. The summed E-state index contributed by atoms with van der Waals surface area (Å²) in [5, 5.41) is 7.79. The molecule has 2 aromatic rings. The van der Waals surface area contributed by atoms with E-state index < -0.39 is 18.0 Å². The fourth-order valence-electron chi connectivity index (χ4n) is 4.07. The van der Waals surface area contributed by atoms with Gasteiger partial charge in [-0.25, -0.2) is 9.97 Å². The average molecular weight is 565 g/mol. The molecular weight excluding hydrogens is 528 g/mol. The molecule has 0 radical (unpaired) electrons. The van der Waals surface area contributed by atoms with Gasteiger partial charge in [0.1, 0.15) is 10.7 Å². The Morgan fingerprint density at radius 2 is 2.00 bits per heavy atom. The van der Waals surface area contributed by atoms with Crippen LogP contribution in [0, 0.1) is 11.8 Å². The van der Waals surface area contributed by atoms with Crippen molar-refractivity contribution in [3.63, 3.8) is 0 Å². The molecule has 1 aliphatic carbocycles. The van der Waals surface area contributed by atoms with Crippen LogP contribution in [0.3, 0.4) is 0 Å². The lowest BCUT2D eigenvalue weighted by molar-refractivity contribution is -0.147. The molecule has 12 heteroatoms. The van der Waals surface area contributed by atoms with Crippen molar-refractivity contribution >= 4 is 46.4 Å². The lowest BCUT2D eigenvalue weighted by Gasteiger charge is -2.21. The summed E-state index contributed by atoms with van der Waals surface area (Å²) in [5.41, 5.74) is 0.200. The molecule has 0 bridgehead atoms. The second-order valence-corrected chi connectivity index (χ2v) is 11.6. The van der Waals surface area contributed by atoms with E-state index in [1.807, 2.05) is 5.38 Å². The Labute approximate surface area is 231 Å². The number of methoxy groups -OCH3 is 1. The van der Waals surface area contributed by atoms with Crippen LogP contribution in [0.4, 0.5) is 0 Å². The summed E-state index contributed by atoms with van der Waals surface area (Å²) in [7, 11) is 3.09. The maximum atomic E-state index is 13.1. The van der Waals surface area contributed by atoms with Gasteiger partial charge in [-0.3, -0.25) is 19.2 Å². The SMILES string of the molecule is COC(=O)[C@@H](C)C[C@H](Cc1nccs1)NC(=O)c1csc([C@@H](CCN(C)C(=O)CCC2CC2)OC(C)=O)n1. The molecule has 2 heterocycles. The van der Waals surface area contributed by atoms with E-state index in [0.29, 0.717) is 43.2 Å². The van der Waals surface area contributed by atoms with Gasteiger partial charge in [-0.1, -0.05) is 19.8 Å². The zero-order valence-corrected chi connectivity index (χ0v) is 23.9. The van der Waals surface area contributed by atoms with Crippen molar-refractivity contribution in [3.8, 4) is 0 Å². The van der Waals surface area contributed by atoms with Gasteiger partial charge in [0.2, 0.25) is 5.91 Å². The largest absolute Gasteiger partial charge is 0.469 e. The topological polar surface area (TPSA) is 128 Å². The molecule has 3 rings (SSSR count). The van der Waals surface area contributed by atoms with Crippen LogP contribution in [-0.2, 0) is 30.3 Å². The van der Waals surface area contributed by atoms with Gasteiger partial charge in [-0.2, -0.15) is 0 Å². The number of amides is 2. The van der Waals surface area contributed by atoms with Gasteiger partial charge >= 0.3 is 11.9 Å². The average Bonchev–Trinajstić information content (AvgIpc) is 3.33. The molecule has 1 aliphatic rings. The Hall–Kier alpha value is -2.86. The molecule has 0 saturated heterocycles. The Morgan fingerprint density at radius 1 is 1.24 bits per heavy atom. The number of hydrogen-bond donors (Lipinski definition) is 1. The molecule has 0 aromatic carbocycles. The van der Waals surface area contributed by atoms with Crippen molar-refractivity contribution in [2.45, 2.75) is 70.9 Å². The summed E-state index contributed by atoms with van der Waals surface area (Å²) < 4.78 is 10.3. The van der Waals surface area contributed by atoms with Crippen molar-refractivity contribution < 1.29 is 28.7 Å². The van der Waals surface area contributed by atoms with Gasteiger partial charge in [-0.15, -0.1) is 22.7 Å². The smallest absolute Gasteiger partial charge is 0.308 e. The summed E-state index contributed by atoms with van der Waals surface area (Å²) >= 11 is 2.71. The maximum absolute atomic E-state index is 13.1.